The van der Waals surface area contributed by atoms with Crippen LogP contribution in [0.25, 0.3) is 0 Å². The number of carbonyl (C=O) groups is 1. The number of benzene rings is 2. The van der Waals surface area contributed by atoms with Crippen molar-refractivity contribution in [2.45, 2.75) is 11.8 Å². The number of amides is 1. The maximum Gasteiger partial charge on any atom is 0.250 e. The van der Waals surface area contributed by atoms with E-state index < -0.39 is 0 Å². The van der Waals surface area contributed by atoms with Crippen molar-refractivity contribution in [2.75, 3.05) is 12.9 Å². The second-order valence-electron chi connectivity index (χ2n) is 4.70. The summed E-state index contributed by atoms with van der Waals surface area (Å²) in [5.74, 6) is 0.920. The third-order valence-corrected chi connectivity index (χ3v) is 4.30. The SMILES string of the molecule is COc1ccc(/C(C)=N\NC(=O)CSc2ccc(Cl)cc2)cc1. The molecule has 2 rings (SSSR count). The molecule has 0 atom stereocenters. The van der Waals surface area contributed by atoms with Crippen molar-refractivity contribution in [3.63, 3.8) is 0 Å². The first kappa shape index (κ1) is 17.4. The zero-order valence-electron chi connectivity index (χ0n) is 12.9. The lowest BCUT2D eigenvalue weighted by Crippen LogP contribution is -2.21. The van der Waals surface area contributed by atoms with Crippen molar-refractivity contribution in [2.24, 2.45) is 5.10 Å². The lowest BCUT2D eigenvalue weighted by molar-refractivity contribution is -0.118. The normalized spacial score (nSPS) is 11.2. The topological polar surface area (TPSA) is 50.7 Å². The summed E-state index contributed by atoms with van der Waals surface area (Å²) in [6, 6.07) is 14.9. The van der Waals surface area contributed by atoms with Crippen LogP contribution in [0.1, 0.15) is 12.5 Å². The van der Waals surface area contributed by atoms with Crippen LogP contribution in [0.3, 0.4) is 0 Å². The van der Waals surface area contributed by atoms with Gasteiger partial charge in [0.05, 0.1) is 18.6 Å². The number of methoxy groups -OCH3 is 1. The number of ether oxygens (including phenoxy) is 1. The third-order valence-electron chi connectivity index (χ3n) is 3.04. The van der Waals surface area contributed by atoms with E-state index >= 15 is 0 Å². The standard InChI is InChI=1S/C17H17ClN2O2S/c1-12(13-3-7-15(22-2)8-4-13)19-20-17(21)11-23-16-9-5-14(18)6-10-16/h3-10H,11H2,1-2H3,(H,20,21)/b19-12-. The molecule has 0 aromatic heterocycles. The smallest absolute Gasteiger partial charge is 0.250 e. The van der Waals surface area contributed by atoms with Gasteiger partial charge in [0, 0.05) is 9.92 Å². The van der Waals surface area contributed by atoms with Gasteiger partial charge in [-0.2, -0.15) is 5.10 Å². The minimum Gasteiger partial charge on any atom is -0.497 e. The highest BCUT2D eigenvalue weighted by atomic mass is 35.5. The molecule has 0 fully saturated rings. The van der Waals surface area contributed by atoms with Gasteiger partial charge in [-0.1, -0.05) is 11.6 Å². The van der Waals surface area contributed by atoms with Crippen LogP contribution in [0, 0.1) is 0 Å². The summed E-state index contributed by atoms with van der Waals surface area (Å²) in [5, 5.41) is 4.80. The monoisotopic (exact) mass is 348 g/mol. The van der Waals surface area contributed by atoms with Crippen LogP contribution < -0.4 is 10.2 Å². The Morgan fingerprint density at radius 1 is 1.17 bits per heavy atom. The van der Waals surface area contributed by atoms with Gasteiger partial charge in [-0.25, -0.2) is 5.43 Å². The highest BCUT2D eigenvalue weighted by Crippen LogP contribution is 2.19. The van der Waals surface area contributed by atoms with Gasteiger partial charge in [0.2, 0.25) is 5.91 Å². The summed E-state index contributed by atoms with van der Waals surface area (Å²) in [5.41, 5.74) is 4.22. The molecule has 0 spiro atoms. The highest BCUT2D eigenvalue weighted by Gasteiger charge is 2.03. The van der Waals surface area contributed by atoms with Crippen molar-refractivity contribution in [3.8, 4) is 5.75 Å². The van der Waals surface area contributed by atoms with Crippen molar-refractivity contribution >= 4 is 35.0 Å². The Bertz CT molecular complexity index is 685. The molecule has 4 nitrogen and oxygen atoms in total. The lowest BCUT2D eigenvalue weighted by atomic mass is 10.1. The molecule has 0 saturated carbocycles. The second-order valence-corrected chi connectivity index (χ2v) is 6.19. The van der Waals surface area contributed by atoms with Crippen molar-refractivity contribution in [3.05, 3.63) is 59.1 Å². The fourth-order valence-corrected chi connectivity index (χ4v) is 2.57. The van der Waals surface area contributed by atoms with E-state index in [0.717, 1.165) is 21.9 Å². The minimum atomic E-state index is -0.155. The van der Waals surface area contributed by atoms with E-state index in [9.17, 15) is 4.79 Å². The largest absolute Gasteiger partial charge is 0.497 e. The first-order chi connectivity index (χ1) is 11.1. The molecule has 0 unspecified atom stereocenters. The van der Waals surface area contributed by atoms with E-state index in [4.69, 9.17) is 16.3 Å². The average Bonchev–Trinajstić information content (AvgIpc) is 2.59. The Morgan fingerprint density at radius 3 is 2.43 bits per heavy atom. The van der Waals surface area contributed by atoms with E-state index in [0.29, 0.717) is 10.8 Å². The number of carbonyl (C=O) groups excluding carboxylic acids is 1. The number of hydrogen-bond donors (Lipinski definition) is 1. The second kappa shape index (κ2) is 8.60. The van der Waals surface area contributed by atoms with E-state index in [-0.39, 0.29) is 5.91 Å². The Balaban J connectivity index is 1.85. The molecule has 2 aromatic carbocycles. The molecule has 1 N–H and O–H groups in total. The molecule has 2 aromatic rings. The molecule has 0 aliphatic carbocycles. The van der Waals surface area contributed by atoms with Crippen molar-refractivity contribution in [1.82, 2.24) is 5.43 Å². The molecule has 23 heavy (non-hydrogen) atoms. The van der Waals surface area contributed by atoms with Gasteiger partial charge in [-0.05, 0) is 61.0 Å². The van der Waals surface area contributed by atoms with Gasteiger partial charge in [-0.15, -0.1) is 11.8 Å². The molecular formula is C17H17ClN2O2S. The van der Waals surface area contributed by atoms with E-state index in [1.807, 2.05) is 43.3 Å². The summed E-state index contributed by atoms with van der Waals surface area (Å²) in [4.78, 5) is 12.8. The molecule has 1 amide bonds. The summed E-state index contributed by atoms with van der Waals surface area (Å²) < 4.78 is 5.11. The Morgan fingerprint density at radius 2 is 1.83 bits per heavy atom. The first-order valence-electron chi connectivity index (χ1n) is 6.94. The predicted octanol–water partition coefficient (Wildman–Crippen LogP) is 3.98. The number of nitrogens with one attached hydrogen (secondary N) is 1. The molecule has 6 heteroatoms. The number of hydrogen-bond acceptors (Lipinski definition) is 4. The molecule has 0 heterocycles. The number of rotatable bonds is 6. The van der Waals surface area contributed by atoms with Gasteiger partial charge in [0.15, 0.2) is 0 Å². The summed E-state index contributed by atoms with van der Waals surface area (Å²) in [6.07, 6.45) is 0. The molecule has 0 aliphatic heterocycles. The Hall–Kier alpha value is -1.98. The van der Waals surface area contributed by atoms with E-state index in [1.54, 1.807) is 19.2 Å². The molecule has 0 saturated heterocycles. The summed E-state index contributed by atoms with van der Waals surface area (Å²) in [6.45, 7) is 1.84. The molecular weight excluding hydrogens is 332 g/mol. The number of halogens is 1. The molecule has 0 aliphatic rings. The van der Waals surface area contributed by atoms with Crippen LogP contribution in [-0.4, -0.2) is 24.5 Å². The molecule has 120 valence electrons. The van der Waals surface area contributed by atoms with Crippen LogP contribution >= 0.6 is 23.4 Å². The fourth-order valence-electron chi connectivity index (χ4n) is 1.75. The number of hydrazone groups is 1. The predicted molar refractivity (Wildman–Crippen MR) is 95.5 cm³/mol. The molecule has 0 bridgehead atoms. The number of thioether (sulfide) groups is 1. The van der Waals surface area contributed by atoms with Gasteiger partial charge in [-0.3, -0.25) is 4.79 Å². The first-order valence-corrected chi connectivity index (χ1v) is 8.31. The van der Waals surface area contributed by atoms with E-state index in [1.165, 1.54) is 11.8 Å². The zero-order valence-corrected chi connectivity index (χ0v) is 14.4. The Labute approximate surface area is 144 Å². The van der Waals surface area contributed by atoms with Gasteiger partial charge < -0.3 is 4.74 Å². The van der Waals surface area contributed by atoms with Crippen LogP contribution in [0.2, 0.25) is 5.02 Å². The maximum atomic E-state index is 11.8. The Kier molecular flexibility index (Phi) is 6.50. The van der Waals surface area contributed by atoms with Crippen LogP contribution in [-0.2, 0) is 4.79 Å². The number of nitrogens with zero attached hydrogens (tertiary/aromatic N) is 1. The average molecular weight is 349 g/mol. The quantitative estimate of drug-likeness (QED) is 0.488. The lowest BCUT2D eigenvalue weighted by Gasteiger charge is -2.04. The van der Waals surface area contributed by atoms with Crippen LogP contribution in [0.5, 0.6) is 5.75 Å². The summed E-state index contributed by atoms with van der Waals surface area (Å²) >= 11 is 7.26. The van der Waals surface area contributed by atoms with Crippen LogP contribution in [0.4, 0.5) is 0 Å². The third kappa shape index (κ3) is 5.62. The molecule has 0 radical (unpaired) electrons. The summed E-state index contributed by atoms with van der Waals surface area (Å²) in [7, 11) is 1.62. The maximum absolute atomic E-state index is 11.8. The van der Waals surface area contributed by atoms with E-state index in [2.05, 4.69) is 10.5 Å². The van der Waals surface area contributed by atoms with Crippen LogP contribution in [0.15, 0.2) is 58.5 Å². The highest BCUT2D eigenvalue weighted by molar-refractivity contribution is 8.00. The van der Waals surface area contributed by atoms with Gasteiger partial charge in [0.25, 0.3) is 0 Å². The van der Waals surface area contributed by atoms with Gasteiger partial charge in [0.1, 0.15) is 5.75 Å². The van der Waals surface area contributed by atoms with Gasteiger partial charge >= 0.3 is 0 Å². The van der Waals surface area contributed by atoms with Crippen molar-refractivity contribution in [1.29, 1.82) is 0 Å². The minimum absolute atomic E-state index is 0.155. The van der Waals surface area contributed by atoms with Crippen molar-refractivity contribution < 1.29 is 9.53 Å². The zero-order chi connectivity index (χ0) is 16.7. The fraction of sp³-hybridized carbons (Fsp3) is 0.176.